The summed E-state index contributed by atoms with van der Waals surface area (Å²) in [5.41, 5.74) is 2.93. The van der Waals surface area contributed by atoms with Gasteiger partial charge in [-0.25, -0.2) is 0 Å². The maximum atomic E-state index is 14.0. The molecule has 1 fully saturated rings. The van der Waals surface area contributed by atoms with Crippen LogP contribution in [0, 0.1) is 35.0 Å². The van der Waals surface area contributed by atoms with Gasteiger partial charge in [-0.2, -0.15) is 10.5 Å². The fraction of sp³-hybridized carbons (Fsp3) is 0.179. The summed E-state index contributed by atoms with van der Waals surface area (Å²) < 4.78 is 0. The third-order valence-electron chi connectivity index (χ3n) is 6.68. The van der Waals surface area contributed by atoms with Crippen molar-refractivity contribution in [2.45, 2.75) is 24.9 Å². The molecule has 3 aromatic carbocycles. The van der Waals surface area contributed by atoms with Crippen molar-refractivity contribution >= 4 is 17.5 Å². The van der Waals surface area contributed by atoms with Crippen molar-refractivity contribution < 1.29 is 4.79 Å². The van der Waals surface area contributed by atoms with Crippen LogP contribution in [0.25, 0.3) is 6.08 Å². The number of fused-ring (bicyclic) bond motifs is 3. The van der Waals surface area contributed by atoms with E-state index in [1.165, 1.54) is 0 Å². The van der Waals surface area contributed by atoms with Crippen LogP contribution in [0.1, 0.15) is 33.0 Å². The molecule has 2 aliphatic rings. The van der Waals surface area contributed by atoms with E-state index in [-0.39, 0.29) is 5.78 Å². The minimum absolute atomic E-state index is 0.0846. The van der Waals surface area contributed by atoms with Crippen molar-refractivity contribution in [2.24, 2.45) is 5.41 Å². The van der Waals surface area contributed by atoms with Crippen molar-refractivity contribution in [3.63, 3.8) is 0 Å². The molecule has 154 valence electrons. The third kappa shape index (κ3) is 2.77. The zero-order valence-corrected chi connectivity index (χ0v) is 17.6. The van der Waals surface area contributed by atoms with Gasteiger partial charge < -0.3 is 4.90 Å². The molecular formula is C28H21N3O. The Morgan fingerprint density at radius 1 is 0.906 bits per heavy atom. The third-order valence-corrected chi connectivity index (χ3v) is 6.68. The Kier molecular flexibility index (Phi) is 4.65. The number of aryl methyl sites for hydroxylation is 1. The largest absolute Gasteiger partial charge is 0.351 e. The molecule has 0 saturated carbocycles. The van der Waals surface area contributed by atoms with Gasteiger partial charge in [0.05, 0.1) is 18.2 Å². The van der Waals surface area contributed by atoms with E-state index < -0.39 is 23.4 Å². The molecule has 0 spiro atoms. The fourth-order valence-corrected chi connectivity index (χ4v) is 5.15. The van der Waals surface area contributed by atoms with E-state index in [1.54, 1.807) is 12.1 Å². The summed E-state index contributed by atoms with van der Waals surface area (Å²) >= 11 is 0. The van der Waals surface area contributed by atoms with Crippen LogP contribution in [-0.2, 0) is 0 Å². The number of Topliss-reactive ketones (excluding diaryl/α,β-unsaturated/α-hetero) is 1. The molecule has 2 aliphatic heterocycles. The molecule has 0 bridgehead atoms. The summed E-state index contributed by atoms with van der Waals surface area (Å²) in [4.78, 5) is 16.0. The first-order valence-electron chi connectivity index (χ1n) is 10.6. The predicted octanol–water partition coefficient (Wildman–Crippen LogP) is 5.28. The Balaban J connectivity index is 1.79. The Bertz CT molecular complexity index is 1280. The first-order chi connectivity index (χ1) is 15.6. The summed E-state index contributed by atoms with van der Waals surface area (Å²) in [6, 6.07) is 28.3. The molecule has 0 aliphatic carbocycles. The van der Waals surface area contributed by atoms with Gasteiger partial charge in [0.25, 0.3) is 0 Å². The Morgan fingerprint density at radius 2 is 1.56 bits per heavy atom. The second-order valence-corrected chi connectivity index (χ2v) is 8.43. The number of carbonyl (C=O) groups is 1. The summed E-state index contributed by atoms with van der Waals surface area (Å²) in [5.74, 6) is -0.690. The summed E-state index contributed by atoms with van der Waals surface area (Å²) in [5, 5.41) is 20.8. The van der Waals surface area contributed by atoms with Gasteiger partial charge in [0, 0.05) is 17.2 Å². The summed E-state index contributed by atoms with van der Waals surface area (Å²) in [6.45, 7) is 2.00. The molecule has 0 unspecified atom stereocenters. The van der Waals surface area contributed by atoms with Gasteiger partial charge in [-0.05, 0) is 24.1 Å². The molecular weight excluding hydrogens is 394 g/mol. The molecule has 32 heavy (non-hydrogen) atoms. The maximum absolute atomic E-state index is 14.0. The van der Waals surface area contributed by atoms with E-state index in [4.69, 9.17) is 0 Å². The van der Waals surface area contributed by atoms with Gasteiger partial charge in [-0.3, -0.25) is 4.79 Å². The lowest BCUT2D eigenvalue weighted by Crippen LogP contribution is -2.44. The van der Waals surface area contributed by atoms with Crippen LogP contribution in [0.5, 0.6) is 0 Å². The van der Waals surface area contributed by atoms with Crippen molar-refractivity contribution in [3.8, 4) is 12.1 Å². The van der Waals surface area contributed by atoms with Crippen LogP contribution in [0.4, 0.5) is 5.69 Å². The lowest BCUT2D eigenvalue weighted by Gasteiger charge is -2.35. The molecule has 3 atom stereocenters. The fourth-order valence-electron chi connectivity index (χ4n) is 5.15. The Morgan fingerprint density at radius 3 is 2.25 bits per heavy atom. The lowest BCUT2D eigenvalue weighted by molar-refractivity contribution is 0.0951. The van der Waals surface area contributed by atoms with Crippen molar-refractivity contribution in [1.82, 2.24) is 0 Å². The number of ketones is 1. The van der Waals surface area contributed by atoms with Crippen molar-refractivity contribution in [3.05, 3.63) is 107 Å². The number of hydrogen-bond donors (Lipinski definition) is 0. The minimum Gasteiger partial charge on any atom is -0.351 e. The van der Waals surface area contributed by atoms with E-state index in [9.17, 15) is 15.3 Å². The maximum Gasteiger partial charge on any atom is 0.185 e. The van der Waals surface area contributed by atoms with E-state index in [2.05, 4.69) is 12.1 Å². The number of nitrogens with zero attached hydrogens (tertiary/aromatic N) is 3. The number of nitriles is 2. The van der Waals surface area contributed by atoms with Crippen LogP contribution >= 0.6 is 0 Å². The molecule has 1 saturated heterocycles. The predicted molar refractivity (Wildman–Crippen MR) is 124 cm³/mol. The number of rotatable bonds is 3. The standard InChI is InChI=1S/C28H21N3O/c1-19-11-13-21(14-12-19)25-26(27(32)22-8-3-2-4-9-22)31-23-10-6-5-7-20(23)15-16-24(31)28(25,17-29)18-30/h2-16,24-26H,1H3/t24-,25-,26+/m1/s1. The number of hydrogen-bond acceptors (Lipinski definition) is 4. The van der Waals surface area contributed by atoms with Crippen LogP contribution in [0.2, 0.25) is 0 Å². The second kappa shape index (κ2) is 7.52. The zero-order valence-electron chi connectivity index (χ0n) is 17.6. The first kappa shape index (κ1) is 19.8. The van der Waals surface area contributed by atoms with Crippen LogP contribution in [0.3, 0.4) is 0 Å². The molecule has 0 aromatic heterocycles. The highest BCUT2D eigenvalue weighted by atomic mass is 16.1. The average molecular weight is 415 g/mol. The van der Waals surface area contributed by atoms with Gasteiger partial charge in [0.2, 0.25) is 0 Å². The van der Waals surface area contributed by atoms with Crippen LogP contribution < -0.4 is 4.90 Å². The van der Waals surface area contributed by atoms with E-state index in [0.717, 1.165) is 22.4 Å². The summed E-state index contributed by atoms with van der Waals surface area (Å²) in [7, 11) is 0. The molecule has 0 amide bonds. The quantitative estimate of drug-likeness (QED) is 0.546. The van der Waals surface area contributed by atoms with Crippen molar-refractivity contribution in [1.29, 1.82) is 10.5 Å². The number of carbonyl (C=O) groups excluding carboxylic acids is 1. The van der Waals surface area contributed by atoms with Gasteiger partial charge in [0.1, 0.15) is 6.04 Å². The van der Waals surface area contributed by atoms with E-state index in [0.29, 0.717) is 5.56 Å². The molecule has 3 aromatic rings. The normalized spacial score (nSPS) is 22.3. The molecule has 4 heteroatoms. The Hall–Kier alpha value is -4.15. The second-order valence-electron chi connectivity index (χ2n) is 8.43. The first-order valence-corrected chi connectivity index (χ1v) is 10.6. The van der Waals surface area contributed by atoms with Crippen molar-refractivity contribution in [2.75, 3.05) is 4.90 Å². The Labute approximate surface area is 187 Å². The molecule has 2 heterocycles. The SMILES string of the molecule is Cc1ccc([C@@H]2[C@@H](C(=O)c3ccccc3)N3c4ccccc4C=C[C@@H]3C2(C#N)C#N)cc1. The van der Waals surface area contributed by atoms with Gasteiger partial charge in [-0.1, -0.05) is 90.5 Å². The molecule has 5 rings (SSSR count). The number of anilines is 1. The topological polar surface area (TPSA) is 67.9 Å². The zero-order chi connectivity index (χ0) is 22.3. The monoisotopic (exact) mass is 415 g/mol. The van der Waals surface area contributed by atoms with Gasteiger partial charge in [0.15, 0.2) is 11.2 Å². The van der Waals surface area contributed by atoms with Crippen LogP contribution in [0.15, 0.2) is 84.9 Å². The van der Waals surface area contributed by atoms with Crippen LogP contribution in [-0.4, -0.2) is 17.9 Å². The highest BCUT2D eigenvalue weighted by Gasteiger charge is 2.63. The molecule has 4 nitrogen and oxygen atoms in total. The lowest BCUT2D eigenvalue weighted by atomic mass is 9.69. The average Bonchev–Trinajstić information content (AvgIpc) is 3.15. The van der Waals surface area contributed by atoms with E-state index >= 15 is 0 Å². The van der Waals surface area contributed by atoms with Gasteiger partial charge in [-0.15, -0.1) is 0 Å². The number of benzene rings is 3. The van der Waals surface area contributed by atoms with Gasteiger partial charge >= 0.3 is 0 Å². The molecule has 0 radical (unpaired) electrons. The van der Waals surface area contributed by atoms with E-state index in [1.807, 2.05) is 90.7 Å². The highest BCUT2D eigenvalue weighted by Crippen LogP contribution is 2.55. The molecule has 0 N–H and O–H groups in total. The summed E-state index contributed by atoms with van der Waals surface area (Å²) in [6.07, 6.45) is 3.87. The number of para-hydroxylation sites is 1. The smallest absolute Gasteiger partial charge is 0.185 e. The highest BCUT2D eigenvalue weighted by molar-refractivity contribution is 6.04. The minimum atomic E-state index is -1.41.